The Labute approximate surface area is 151 Å². The fourth-order valence-electron chi connectivity index (χ4n) is 3.32. The van der Waals surface area contributed by atoms with Crippen LogP contribution in [-0.2, 0) is 18.5 Å². The van der Waals surface area contributed by atoms with Crippen molar-refractivity contribution in [3.8, 4) is 0 Å². The summed E-state index contributed by atoms with van der Waals surface area (Å²) in [5.41, 5.74) is 3.06. The molecule has 0 atom stereocenters. The maximum atomic E-state index is 4.05. The van der Waals surface area contributed by atoms with Gasteiger partial charge in [-0.25, -0.2) is 0 Å². The lowest BCUT2D eigenvalue weighted by molar-refractivity contribution is 0.124. The zero-order valence-electron chi connectivity index (χ0n) is 16.1. The molecule has 1 aliphatic heterocycles. The number of hydrogen-bond donors (Lipinski definition) is 0. The third-order valence-electron chi connectivity index (χ3n) is 5.16. The van der Waals surface area contributed by atoms with Crippen LogP contribution in [0.5, 0.6) is 0 Å². The van der Waals surface area contributed by atoms with Crippen molar-refractivity contribution in [1.29, 1.82) is 0 Å². The molecule has 0 radical (unpaired) electrons. The molecule has 1 saturated heterocycles. The number of aryl methyl sites for hydroxylation is 1. The van der Waals surface area contributed by atoms with Gasteiger partial charge >= 0.3 is 0 Å². The lowest BCUT2D eigenvalue weighted by Crippen LogP contribution is -2.46. The predicted molar refractivity (Wildman–Crippen MR) is 102 cm³/mol. The Balaban J connectivity index is 1.44. The van der Waals surface area contributed by atoms with Crippen molar-refractivity contribution >= 4 is 0 Å². The zero-order chi connectivity index (χ0) is 17.9. The average molecular weight is 342 g/mol. The van der Waals surface area contributed by atoms with E-state index in [1.165, 1.54) is 11.1 Å². The van der Waals surface area contributed by atoms with Crippen molar-refractivity contribution in [3.05, 3.63) is 47.5 Å². The first-order valence-corrected chi connectivity index (χ1v) is 9.30. The van der Waals surface area contributed by atoms with Crippen LogP contribution < -0.4 is 0 Å². The van der Waals surface area contributed by atoms with Gasteiger partial charge in [-0.05, 0) is 23.5 Å². The van der Waals surface area contributed by atoms with Crippen LogP contribution in [0.1, 0.15) is 37.7 Å². The molecule has 3 rings (SSSR count). The van der Waals surface area contributed by atoms with Gasteiger partial charge in [-0.3, -0.25) is 9.80 Å². The number of benzene rings is 1. The Bertz CT molecular complexity index is 660. The van der Waals surface area contributed by atoms with Crippen LogP contribution in [0.25, 0.3) is 0 Å². The number of hydrogen-bond acceptors (Lipinski definition) is 4. The molecule has 0 bridgehead atoms. The van der Waals surface area contributed by atoms with Crippen molar-refractivity contribution in [1.82, 2.24) is 24.6 Å². The zero-order valence-corrected chi connectivity index (χ0v) is 16.1. The van der Waals surface area contributed by atoms with Gasteiger partial charge in [0.2, 0.25) is 0 Å². The molecule has 1 aliphatic rings. The normalized spacial score (nSPS) is 17.1. The molecule has 1 fully saturated rings. The van der Waals surface area contributed by atoms with E-state index >= 15 is 0 Å². The number of piperazine rings is 1. The summed E-state index contributed by atoms with van der Waals surface area (Å²) in [4.78, 5) is 5.10. The Hall–Kier alpha value is -1.72. The maximum absolute atomic E-state index is 4.05. The lowest BCUT2D eigenvalue weighted by atomic mass is 9.87. The van der Waals surface area contributed by atoms with Gasteiger partial charge < -0.3 is 4.57 Å². The second kappa shape index (κ2) is 7.67. The summed E-state index contributed by atoms with van der Waals surface area (Å²) in [6.07, 6.45) is 1.83. The molecule has 2 heterocycles. The summed E-state index contributed by atoms with van der Waals surface area (Å²) in [5, 5.41) is 8.00. The molecule has 0 amide bonds. The third-order valence-corrected chi connectivity index (χ3v) is 5.16. The lowest BCUT2D eigenvalue weighted by Gasteiger charge is -2.34. The summed E-state index contributed by atoms with van der Waals surface area (Å²) in [6, 6.07) is 9.16. The van der Waals surface area contributed by atoms with Gasteiger partial charge in [0.1, 0.15) is 12.2 Å². The molecule has 0 unspecified atom stereocenters. The molecule has 1 aromatic carbocycles. The van der Waals surface area contributed by atoms with E-state index in [0.29, 0.717) is 0 Å². The smallest absolute Gasteiger partial charge is 0.129 e. The molecule has 0 spiro atoms. The van der Waals surface area contributed by atoms with E-state index in [0.717, 1.165) is 51.6 Å². The van der Waals surface area contributed by atoms with Crippen molar-refractivity contribution in [2.45, 2.75) is 46.2 Å². The minimum Gasteiger partial charge on any atom is -0.317 e. The molecular formula is C20H31N5. The summed E-state index contributed by atoms with van der Waals surface area (Å²) < 4.78 is 2.13. The Kier molecular flexibility index (Phi) is 5.54. The predicted octanol–water partition coefficient (Wildman–Crippen LogP) is 2.70. The molecular weight excluding hydrogens is 310 g/mol. The quantitative estimate of drug-likeness (QED) is 0.838. The summed E-state index contributed by atoms with van der Waals surface area (Å²) in [7, 11) is 0. The van der Waals surface area contributed by atoms with E-state index in [1.807, 2.05) is 13.3 Å². The van der Waals surface area contributed by atoms with Gasteiger partial charge in [-0.1, -0.05) is 45.0 Å². The topological polar surface area (TPSA) is 37.2 Å². The number of rotatable bonds is 5. The van der Waals surface area contributed by atoms with Crippen molar-refractivity contribution < 1.29 is 0 Å². The van der Waals surface area contributed by atoms with E-state index in [9.17, 15) is 0 Å². The molecule has 2 aromatic rings. The first-order valence-electron chi connectivity index (χ1n) is 9.30. The second-order valence-corrected chi connectivity index (χ2v) is 8.14. The fraction of sp³-hybridized carbons (Fsp3) is 0.600. The number of nitrogens with zero attached hydrogens (tertiary/aromatic N) is 5. The molecule has 0 aliphatic carbocycles. The van der Waals surface area contributed by atoms with Gasteiger partial charge in [0.05, 0.1) is 0 Å². The monoisotopic (exact) mass is 341 g/mol. The second-order valence-electron chi connectivity index (χ2n) is 8.14. The van der Waals surface area contributed by atoms with E-state index in [-0.39, 0.29) is 5.41 Å². The largest absolute Gasteiger partial charge is 0.317 e. The third kappa shape index (κ3) is 4.89. The Morgan fingerprint density at radius 2 is 1.56 bits per heavy atom. The van der Waals surface area contributed by atoms with Gasteiger partial charge in [0, 0.05) is 45.8 Å². The van der Waals surface area contributed by atoms with Crippen LogP contribution >= 0.6 is 0 Å². The highest BCUT2D eigenvalue weighted by molar-refractivity contribution is 5.27. The molecule has 136 valence electrons. The summed E-state index contributed by atoms with van der Waals surface area (Å²) in [5.74, 6) is 0.998. The van der Waals surface area contributed by atoms with E-state index in [4.69, 9.17) is 0 Å². The van der Waals surface area contributed by atoms with E-state index in [2.05, 4.69) is 69.6 Å². The van der Waals surface area contributed by atoms with Gasteiger partial charge in [-0.15, -0.1) is 10.2 Å². The SMILES string of the molecule is Cc1nncn1CCN1CCN(Cc2ccc(C(C)(C)C)cc2)CC1. The molecule has 5 nitrogen and oxygen atoms in total. The van der Waals surface area contributed by atoms with Crippen molar-refractivity contribution in [3.63, 3.8) is 0 Å². The van der Waals surface area contributed by atoms with Crippen LogP contribution in [0.2, 0.25) is 0 Å². The Morgan fingerprint density at radius 1 is 0.920 bits per heavy atom. The molecule has 25 heavy (non-hydrogen) atoms. The fourth-order valence-corrected chi connectivity index (χ4v) is 3.32. The molecule has 0 N–H and O–H groups in total. The number of aromatic nitrogens is 3. The van der Waals surface area contributed by atoms with Crippen molar-refractivity contribution in [2.75, 3.05) is 32.7 Å². The van der Waals surface area contributed by atoms with Gasteiger partial charge in [0.15, 0.2) is 0 Å². The minimum absolute atomic E-state index is 0.229. The molecule has 1 aromatic heterocycles. The van der Waals surface area contributed by atoms with Crippen LogP contribution in [0.4, 0.5) is 0 Å². The van der Waals surface area contributed by atoms with Crippen molar-refractivity contribution in [2.24, 2.45) is 0 Å². The minimum atomic E-state index is 0.229. The Morgan fingerprint density at radius 3 is 2.12 bits per heavy atom. The van der Waals surface area contributed by atoms with Crippen LogP contribution in [0, 0.1) is 6.92 Å². The first kappa shape index (κ1) is 18.1. The first-order chi connectivity index (χ1) is 11.9. The van der Waals surface area contributed by atoms with E-state index in [1.54, 1.807) is 0 Å². The summed E-state index contributed by atoms with van der Waals surface area (Å²) in [6.45, 7) is 16.5. The maximum Gasteiger partial charge on any atom is 0.129 e. The van der Waals surface area contributed by atoms with Gasteiger partial charge in [0.25, 0.3) is 0 Å². The summed E-state index contributed by atoms with van der Waals surface area (Å²) >= 11 is 0. The van der Waals surface area contributed by atoms with Crippen LogP contribution in [0.3, 0.4) is 0 Å². The van der Waals surface area contributed by atoms with Crippen LogP contribution in [-0.4, -0.2) is 57.3 Å². The highest BCUT2D eigenvalue weighted by Gasteiger charge is 2.18. The molecule has 5 heteroatoms. The van der Waals surface area contributed by atoms with E-state index < -0.39 is 0 Å². The highest BCUT2D eigenvalue weighted by Crippen LogP contribution is 2.22. The van der Waals surface area contributed by atoms with Gasteiger partial charge in [-0.2, -0.15) is 0 Å². The standard InChI is InChI=1S/C20H31N5/c1-17-22-21-16-25(17)14-13-23-9-11-24(12-10-23)15-18-5-7-19(8-6-18)20(2,3)4/h5-8,16H,9-15H2,1-4H3. The average Bonchev–Trinajstić information content (AvgIpc) is 2.99. The molecule has 0 saturated carbocycles. The highest BCUT2D eigenvalue weighted by atomic mass is 15.3. The van der Waals surface area contributed by atoms with Crippen LogP contribution in [0.15, 0.2) is 30.6 Å².